The van der Waals surface area contributed by atoms with Crippen LogP contribution >= 0.6 is 0 Å². The van der Waals surface area contributed by atoms with Crippen LogP contribution in [0.3, 0.4) is 0 Å². The number of carbonyl (C=O) groups is 1. The smallest absolute Gasteiger partial charge is 0.384 e. The van der Waals surface area contributed by atoms with Crippen LogP contribution in [0.4, 0.5) is 0 Å². The maximum atomic E-state index is 11.2. The molecule has 1 heterocycles. The lowest BCUT2D eigenvalue weighted by molar-refractivity contribution is -0.136. The van der Waals surface area contributed by atoms with E-state index in [2.05, 4.69) is 22.9 Å². The van der Waals surface area contributed by atoms with Crippen molar-refractivity contribution in [2.75, 3.05) is 6.61 Å². The number of hydrogen-bond donors (Lipinski definition) is 0. The molecule has 0 bridgehead atoms. The van der Waals surface area contributed by atoms with Gasteiger partial charge in [0.1, 0.15) is 0 Å². The van der Waals surface area contributed by atoms with E-state index in [0.29, 0.717) is 11.3 Å². The summed E-state index contributed by atoms with van der Waals surface area (Å²) < 4.78 is 4.72. The Hall–Kier alpha value is -2.33. The average molecular weight is 242 g/mol. The summed E-state index contributed by atoms with van der Waals surface area (Å²) in [6.07, 6.45) is 1.60. The molecule has 0 spiro atoms. The third-order valence-corrected chi connectivity index (χ3v) is 2.25. The van der Waals surface area contributed by atoms with E-state index in [1.54, 1.807) is 39.1 Å². The third kappa shape index (κ3) is 3.33. The van der Waals surface area contributed by atoms with E-state index < -0.39 is 11.4 Å². The average Bonchev–Trinajstić information content (AvgIpc) is 2.37. The molecule has 1 rings (SSSR count). The molecule has 0 saturated carbocycles. The molecule has 0 N–H and O–H groups in total. The van der Waals surface area contributed by atoms with Crippen LogP contribution in [0.15, 0.2) is 18.3 Å². The molecule has 0 fully saturated rings. The summed E-state index contributed by atoms with van der Waals surface area (Å²) in [5.41, 5.74) is 0.376. The van der Waals surface area contributed by atoms with Gasteiger partial charge in [0, 0.05) is 17.7 Å². The van der Waals surface area contributed by atoms with Crippen molar-refractivity contribution < 1.29 is 9.53 Å². The Balaban J connectivity index is 3.12. The van der Waals surface area contributed by atoms with Crippen LogP contribution in [0.5, 0.6) is 0 Å². The van der Waals surface area contributed by atoms with Crippen LogP contribution in [0.2, 0.25) is 0 Å². The summed E-state index contributed by atoms with van der Waals surface area (Å²) in [5.74, 6) is 4.49. The van der Waals surface area contributed by atoms with Gasteiger partial charge in [0.05, 0.1) is 23.8 Å². The van der Waals surface area contributed by atoms with Gasteiger partial charge in [-0.05, 0) is 32.9 Å². The van der Waals surface area contributed by atoms with E-state index in [4.69, 9.17) is 10.00 Å². The van der Waals surface area contributed by atoms with Gasteiger partial charge >= 0.3 is 5.97 Å². The maximum absolute atomic E-state index is 11.2. The third-order valence-electron chi connectivity index (χ3n) is 2.25. The van der Waals surface area contributed by atoms with Gasteiger partial charge in [0.15, 0.2) is 0 Å². The number of carbonyl (C=O) groups excluding carboxylic acids is 1. The zero-order valence-corrected chi connectivity index (χ0v) is 10.7. The van der Waals surface area contributed by atoms with Gasteiger partial charge in [0.2, 0.25) is 0 Å². The van der Waals surface area contributed by atoms with Crippen LogP contribution < -0.4 is 0 Å². The van der Waals surface area contributed by atoms with E-state index in [-0.39, 0.29) is 6.61 Å². The highest BCUT2D eigenvalue weighted by Gasteiger charge is 2.24. The van der Waals surface area contributed by atoms with E-state index in [0.717, 1.165) is 0 Å². The molecule has 4 nitrogen and oxygen atoms in total. The predicted octanol–water partition coefficient (Wildman–Crippen LogP) is 1.80. The fraction of sp³-hybridized carbons (Fsp3) is 0.357. The Kier molecular flexibility index (Phi) is 4.45. The number of hydrogen-bond acceptors (Lipinski definition) is 4. The topological polar surface area (TPSA) is 63.0 Å². The standard InChI is InChI=1S/C14H14N2O2/c1-4-18-12(17)8-7-11-6-5-9-16-13(11)14(2,3)10-15/h5-6,9H,4H2,1-3H3. The number of nitrogens with zero attached hydrogens (tertiary/aromatic N) is 2. The molecule has 0 atom stereocenters. The van der Waals surface area contributed by atoms with Gasteiger partial charge in [-0.1, -0.05) is 5.92 Å². The fourth-order valence-electron chi connectivity index (χ4n) is 1.34. The van der Waals surface area contributed by atoms with Gasteiger partial charge in [0.25, 0.3) is 0 Å². The second-order valence-corrected chi connectivity index (χ2v) is 4.11. The van der Waals surface area contributed by atoms with E-state index >= 15 is 0 Å². The van der Waals surface area contributed by atoms with Crippen molar-refractivity contribution in [1.29, 1.82) is 5.26 Å². The summed E-state index contributed by atoms with van der Waals surface area (Å²) >= 11 is 0. The van der Waals surface area contributed by atoms with E-state index in [1.807, 2.05) is 0 Å². The van der Waals surface area contributed by atoms with Crippen molar-refractivity contribution in [2.45, 2.75) is 26.2 Å². The van der Waals surface area contributed by atoms with Crippen molar-refractivity contribution in [3.05, 3.63) is 29.6 Å². The molecule has 4 heteroatoms. The summed E-state index contributed by atoms with van der Waals surface area (Å²) in [7, 11) is 0. The number of esters is 1. The number of pyridine rings is 1. The minimum Gasteiger partial charge on any atom is -0.456 e. The van der Waals surface area contributed by atoms with Crippen molar-refractivity contribution in [2.24, 2.45) is 0 Å². The molecule has 0 unspecified atom stereocenters. The molecule has 0 amide bonds. The van der Waals surface area contributed by atoms with E-state index in [9.17, 15) is 4.79 Å². The second kappa shape index (κ2) is 5.84. The monoisotopic (exact) mass is 242 g/mol. The van der Waals surface area contributed by atoms with Crippen LogP contribution in [0, 0.1) is 23.2 Å². The lowest BCUT2D eigenvalue weighted by atomic mass is 9.88. The summed E-state index contributed by atoms with van der Waals surface area (Å²) in [4.78, 5) is 15.3. The Morgan fingerprint density at radius 1 is 1.56 bits per heavy atom. The Morgan fingerprint density at radius 2 is 2.28 bits per heavy atom. The Labute approximate surface area is 107 Å². The molecular formula is C14H14N2O2. The Bertz CT molecular complexity index is 545. The summed E-state index contributed by atoms with van der Waals surface area (Å²) in [5, 5.41) is 9.10. The molecule has 0 radical (unpaired) electrons. The largest absolute Gasteiger partial charge is 0.456 e. The van der Waals surface area contributed by atoms with E-state index in [1.165, 1.54) is 0 Å². The molecule has 0 aliphatic heterocycles. The summed E-state index contributed by atoms with van der Waals surface area (Å²) in [6.45, 7) is 5.51. The van der Waals surface area contributed by atoms with Gasteiger partial charge in [-0.25, -0.2) is 4.79 Å². The fourth-order valence-corrected chi connectivity index (χ4v) is 1.34. The molecule has 18 heavy (non-hydrogen) atoms. The minimum atomic E-state index is -0.750. The van der Waals surface area contributed by atoms with Gasteiger partial charge in [-0.2, -0.15) is 5.26 Å². The molecule has 1 aromatic heterocycles. The lowest BCUT2D eigenvalue weighted by Gasteiger charge is -2.15. The first-order chi connectivity index (χ1) is 8.51. The molecule has 0 saturated heterocycles. The zero-order chi connectivity index (χ0) is 13.6. The van der Waals surface area contributed by atoms with Crippen LogP contribution in [-0.4, -0.2) is 17.6 Å². The number of nitriles is 1. The number of aromatic nitrogens is 1. The van der Waals surface area contributed by atoms with Crippen molar-refractivity contribution in [3.8, 4) is 17.9 Å². The predicted molar refractivity (Wildman–Crippen MR) is 66.4 cm³/mol. The van der Waals surface area contributed by atoms with Gasteiger partial charge in [-0.3, -0.25) is 4.98 Å². The highest BCUT2D eigenvalue weighted by atomic mass is 16.5. The molecule has 0 aliphatic rings. The highest BCUT2D eigenvalue weighted by Crippen LogP contribution is 2.22. The zero-order valence-electron chi connectivity index (χ0n) is 10.7. The molecule has 0 aliphatic carbocycles. The second-order valence-electron chi connectivity index (χ2n) is 4.11. The molecule has 0 aromatic carbocycles. The number of ether oxygens (including phenoxy) is 1. The first-order valence-corrected chi connectivity index (χ1v) is 5.56. The maximum Gasteiger partial charge on any atom is 0.384 e. The quantitative estimate of drug-likeness (QED) is 0.586. The SMILES string of the molecule is CCOC(=O)C#Cc1cccnc1C(C)(C)C#N. The Morgan fingerprint density at radius 3 is 2.89 bits per heavy atom. The van der Waals surface area contributed by atoms with Gasteiger partial charge in [-0.15, -0.1) is 0 Å². The van der Waals surface area contributed by atoms with Crippen molar-refractivity contribution >= 4 is 5.97 Å². The molecular weight excluding hydrogens is 228 g/mol. The minimum absolute atomic E-state index is 0.289. The molecule has 92 valence electrons. The van der Waals surface area contributed by atoms with Gasteiger partial charge < -0.3 is 4.74 Å². The van der Waals surface area contributed by atoms with Crippen LogP contribution in [0.25, 0.3) is 0 Å². The first kappa shape index (κ1) is 13.7. The normalized spacial score (nSPS) is 9.89. The number of rotatable bonds is 2. The lowest BCUT2D eigenvalue weighted by Crippen LogP contribution is -2.17. The van der Waals surface area contributed by atoms with Crippen LogP contribution in [0.1, 0.15) is 32.0 Å². The van der Waals surface area contributed by atoms with Crippen molar-refractivity contribution in [1.82, 2.24) is 4.98 Å². The summed E-state index contributed by atoms with van der Waals surface area (Å²) in [6, 6.07) is 5.61. The molecule has 1 aromatic rings. The first-order valence-electron chi connectivity index (χ1n) is 5.56. The van der Waals surface area contributed by atoms with Crippen molar-refractivity contribution in [3.63, 3.8) is 0 Å². The highest BCUT2D eigenvalue weighted by molar-refractivity contribution is 5.89. The van der Waals surface area contributed by atoms with Crippen LogP contribution in [-0.2, 0) is 14.9 Å².